The summed E-state index contributed by atoms with van der Waals surface area (Å²) in [6.07, 6.45) is 0. The van der Waals surface area contributed by atoms with Gasteiger partial charge < -0.3 is 9.84 Å². The molecule has 0 radical (unpaired) electrons. The molecule has 0 saturated carbocycles. The van der Waals surface area contributed by atoms with Gasteiger partial charge in [0, 0.05) is 5.69 Å². The van der Waals surface area contributed by atoms with E-state index in [1.165, 1.54) is 11.8 Å². The molecule has 140 valence electrons. The van der Waals surface area contributed by atoms with E-state index in [-0.39, 0.29) is 11.7 Å². The number of carbonyl (C=O) groups excluding carboxylic acids is 1. The molecule has 6 nitrogen and oxygen atoms in total. The van der Waals surface area contributed by atoms with Crippen LogP contribution in [0.4, 0.5) is 0 Å². The number of phenolic OH excluding ortho intramolecular Hbond substituents is 1. The summed E-state index contributed by atoms with van der Waals surface area (Å²) in [6.45, 7) is 5.90. The molecule has 0 fully saturated rings. The van der Waals surface area contributed by atoms with Gasteiger partial charge in [-0.25, -0.2) is 0 Å². The van der Waals surface area contributed by atoms with E-state index in [9.17, 15) is 9.90 Å². The lowest BCUT2D eigenvalue weighted by atomic mass is 10.1. The van der Waals surface area contributed by atoms with Gasteiger partial charge in [0.25, 0.3) is 0 Å². The van der Waals surface area contributed by atoms with Crippen molar-refractivity contribution in [2.75, 3.05) is 6.61 Å². The van der Waals surface area contributed by atoms with Gasteiger partial charge in [-0.1, -0.05) is 41.6 Å². The molecule has 2 aromatic carbocycles. The molecule has 0 amide bonds. The van der Waals surface area contributed by atoms with E-state index >= 15 is 0 Å². The number of aryl methyl sites for hydroxylation is 1. The molecule has 0 aliphatic rings. The van der Waals surface area contributed by atoms with Crippen LogP contribution in [0, 0.1) is 6.92 Å². The van der Waals surface area contributed by atoms with Crippen molar-refractivity contribution < 1.29 is 14.6 Å². The van der Waals surface area contributed by atoms with E-state index in [1.807, 2.05) is 41.8 Å². The Labute approximate surface area is 162 Å². The molecule has 0 unspecified atom stereocenters. The number of phenols is 1. The zero-order chi connectivity index (χ0) is 19.4. The van der Waals surface area contributed by atoms with E-state index in [4.69, 9.17) is 4.74 Å². The van der Waals surface area contributed by atoms with Gasteiger partial charge in [0.05, 0.1) is 12.2 Å². The first kappa shape index (κ1) is 19.0. The number of nitrogens with zero attached hydrogens (tertiary/aromatic N) is 3. The first-order valence-corrected chi connectivity index (χ1v) is 9.53. The van der Waals surface area contributed by atoms with E-state index in [2.05, 4.69) is 10.2 Å². The maximum Gasteiger partial charge on any atom is 0.319 e. The van der Waals surface area contributed by atoms with Crippen molar-refractivity contribution >= 4 is 17.7 Å². The maximum absolute atomic E-state index is 12.0. The van der Waals surface area contributed by atoms with Crippen LogP contribution in [-0.2, 0) is 9.53 Å². The van der Waals surface area contributed by atoms with Gasteiger partial charge in [0.1, 0.15) is 11.0 Å². The quantitative estimate of drug-likeness (QED) is 0.512. The smallest absolute Gasteiger partial charge is 0.319 e. The SMILES string of the molecule is CCOC(=O)[C@H](C)Sc1nnc(-c2ccccc2O)n1-c1ccc(C)cc1. The fourth-order valence-electron chi connectivity index (χ4n) is 2.58. The number of rotatable bonds is 6. The van der Waals surface area contributed by atoms with Crippen LogP contribution in [0.15, 0.2) is 53.7 Å². The average molecular weight is 383 g/mol. The zero-order valence-corrected chi connectivity index (χ0v) is 16.2. The summed E-state index contributed by atoms with van der Waals surface area (Å²) in [4.78, 5) is 12.0. The number of hydrogen-bond acceptors (Lipinski definition) is 6. The van der Waals surface area contributed by atoms with Crippen LogP contribution >= 0.6 is 11.8 Å². The highest BCUT2D eigenvalue weighted by molar-refractivity contribution is 8.00. The van der Waals surface area contributed by atoms with Crippen molar-refractivity contribution in [1.82, 2.24) is 14.8 Å². The molecule has 0 saturated heterocycles. The third kappa shape index (κ3) is 4.14. The predicted octanol–water partition coefficient (Wildman–Crippen LogP) is 3.99. The molecule has 1 aromatic heterocycles. The van der Waals surface area contributed by atoms with E-state index in [1.54, 1.807) is 32.0 Å². The third-order valence-electron chi connectivity index (χ3n) is 3.97. The van der Waals surface area contributed by atoms with Crippen molar-refractivity contribution in [2.24, 2.45) is 0 Å². The molecule has 3 aromatic rings. The molecule has 7 heteroatoms. The number of thioether (sulfide) groups is 1. The standard InChI is InChI=1S/C20H21N3O3S/c1-4-26-19(25)14(3)27-20-22-21-18(16-7-5-6-8-17(16)24)23(20)15-11-9-13(2)10-12-15/h5-12,14,24H,4H2,1-3H3/t14-/m0/s1. The minimum atomic E-state index is -0.435. The number of aromatic nitrogens is 3. The van der Waals surface area contributed by atoms with Crippen LogP contribution < -0.4 is 0 Å². The van der Waals surface area contributed by atoms with Gasteiger partial charge in [0.15, 0.2) is 11.0 Å². The Morgan fingerprint density at radius 1 is 1.19 bits per heavy atom. The van der Waals surface area contributed by atoms with Gasteiger partial charge in [-0.15, -0.1) is 10.2 Å². The van der Waals surface area contributed by atoms with Gasteiger partial charge in [-0.3, -0.25) is 9.36 Å². The molecule has 1 heterocycles. The Hall–Kier alpha value is -2.80. The predicted molar refractivity (Wildman–Crippen MR) is 105 cm³/mol. The Kier molecular flexibility index (Phi) is 5.81. The van der Waals surface area contributed by atoms with Gasteiger partial charge >= 0.3 is 5.97 Å². The third-order valence-corrected chi connectivity index (χ3v) is 4.99. The van der Waals surface area contributed by atoms with Crippen molar-refractivity contribution in [3.63, 3.8) is 0 Å². The van der Waals surface area contributed by atoms with Gasteiger partial charge in [-0.2, -0.15) is 0 Å². The highest BCUT2D eigenvalue weighted by atomic mass is 32.2. The average Bonchev–Trinajstić information content (AvgIpc) is 3.06. The van der Waals surface area contributed by atoms with Crippen LogP contribution in [0.1, 0.15) is 19.4 Å². The van der Waals surface area contributed by atoms with Crippen LogP contribution in [0.5, 0.6) is 5.75 Å². The summed E-state index contributed by atoms with van der Waals surface area (Å²) in [5, 5.41) is 18.9. The number of benzene rings is 2. The van der Waals surface area contributed by atoms with Gasteiger partial charge in [0.2, 0.25) is 0 Å². The maximum atomic E-state index is 12.0. The first-order valence-electron chi connectivity index (χ1n) is 8.65. The second-order valence-electron chi connectivity index (χ2n) is 6.01. The summed E-state index contributed by atoms with van der Waals surface area (Å²) in [5.41, 5.74) is 2.55. The summed E-state index contributed by atoms with van der Waals surface area (Å²) in [7, 11) is 0. The molecule has 1 N–H and O–H groups in total. The monoisotopic (exact) mass is 383 g/mol. The highest BCUT2D eigenvalue weighted by Crippen LogP contribution is 2.34. The Morgan fingerprint density at radius 3 is 2.56 bits per heavy atom. The molecule has 0 aliphatic carbocycles. The minimum Gasteiger partial charge on any atom is -0.507 e. The molecule has 1 atom stereocenters. The Morgan fingerprint density at radius 2 is 1.89 bits per heavy atom. The summed E-state index contributed by atoms with van der Waals surface area (Å²) in [6, 6.07) is 14.9. The molecule has 0 bridgehead atoms. The minimum absolute atomic E-state index is 0.119. The van der Waals surface area contributed by atoms with Crippen LogP contribution in [0.3, 0.4) is 0 Å². The van der Waals surface area contributed by atoms with Gasteiger partial charge in [-0.05, 0) is 45.0 Å². The van der Waals surface area contributed by atoms with E-state index in [0.717, 1.165) is 11.3 Å². The molecular weight excluding hydrogens is 362 g/mol. The highest BCUT2D eigenvalue weighted by Gasteiger charge is 2.23. The lowest BCUT2D eigenvalue weighted by Gasteiger charge is -2.13. The normalized spacial score (nSPS) is 12.0. The number of para-hydroxylation sites is 1. The molecule has 27 heavy (non-hydrogen) atoms. The fourth-order valence-corrected chi connectivity index (χ4v) is 3.44. The second kappa shape index (κ2) is 8.26. The van der Waals surface area contributed by atoms with Crippen molar-refractivity contribution in [1.29, 1.82) is 0 Å². The zero-order valence-electron chi connectivity index (χ0n) is 15.4. The molecule has 3 rings (SSSR count). The van der Waals surface area contributed by atoms with E-state index < -0.39 is 5.25 Å². The largest absolute Gasteiger partial charge is 0.507 e. The fraction of sp³-hybridized carbons (Fsp3) is 0.250. The first-order chi connectivity index (χ1) is 13.0. The number of aromatic hydroxyl groups is 1. The lowest BCUT2D eigenvalue weighted by molar-refractivity contribution is -0.142. The lowest BCUT2D eigenvalue weighted by Crippen LogP contribution is -2.17. The molecular formula is C20H21N3O3S. The summed E-state index contributed by atoms with van der Waals surface area (Å²) in [5.74, 6) is 0.328. The molecule has 0 aliphatic heterocycles. The van der Waals surface area contributed by atoms with Crippen molar-refractivity contribution in [3.8, 4) is 22.8 Å². The second-order valence-corrected chi connectivity index (χ2v) is 7.31. The Balaban J connectivity index is 2.08. The number of esters is 1. The summed E-state index contributed by atoms with van der Waals surface area (Å²) < 4.78 is 6.93. The van der Waals surface area contributed by atoms with Crippen LogP contribution in [0.2, 0.25) is 0 Å². The van der Waals surface area contributed by atoms with Crippen molar-refractivity contribution in [2.45, 2.75) is 31.2 Å². The topological polar surface area (TPSA) is 77.2 Å². The van der Waals surface area contributed by atoms with E-state index in [0.29, 0.717) is 23.2 Å². The number of carbonyl (C=O) groups is 1. The van der Waals surface area contributed by atoms with Crippen molar-refractivity contribution in [3.05, 3.63) is 54.1 Å². The van der Waals surface area contributed by atoms with Crippen LogP contribution in [0.25, 0.3) is 17.1 Å². The number of ether oxygens (including phenoxy) is 1. The summed E-state index contributed by atoms with van der Waals surface area (Å²) >= 11 is 1.27. The van der Waals surface area contributed by atoms with Crippen LogP contribution in [-0.4, -0.2) is 37.7 Å². The molecule has 0 spiro atoms. The number of hydrogen-bond donors (Lipinski definition) is 1. The Bertz CT molecular complexity index is 938.